The van der Waals surface area contributed by atoms with Crippen LogP contribution in [0.15, 0.2) is 24.5 Å². The smallest absolute Gasteiger partial charge is 0.169 e. The third kappa shape index (κ3) is 3.92. The van der Waals surface area contributed by atoms with Gasteiger partial charge in [0.2, 0.25) is 0 Å². The summed E-state index contributed by atoms with van der Waals surface area (Å²) in [5, 5.41) is 11.3. The fraction of sp³-hybridized carbons (Fsp3) is 0.609. The highest BCUT2D eigenvalue weighted by Crippen LogP contribution is 2.33. The molecule has 2 N–H and O–H groups in total. The van der Waals surface area contributed by atoms with Gasteiger partial charge in [-0.2, -0.15) is 14.7 Å². The van der Waals surface area contributed by atoms with Crippen LogP contribution in [-0.2, 0) is 9.47 Å². The molecule has 0 bridgehead atoms. The minimum absolute atomic E-state index is 0.0479. The molecule has 0 aliphatic carbocycles. The van der Waals surface area contributed by atoms with E-state index >= 15 is 0 Å². The molecule has 182 valence electrons. The highest BCUT2D eigenvalue weighted by Gasteiger charge is 2.27. The first kappa shape index (κ1) is 21.8. The Morgan fingerprint density at radius 2 is 1.94 bits per heavy atom. The van der Waals surface area contributed by atoms with Gasteiger partial charge < -0.3 is 19.3 Å². The van der Waals surface area contributed by atoms with E-state index in [1.165, 1.54) is 0 Å². The zero-order chi connectivity index (χ0) is 23.1. The third-order valence-electron chi connectivity index (χ3n) is 7.11. The lowest BCUT2D eigenvalue weighted by molar-refractivity contribution is -0.0383. The van der Waals surface area contributed by atoms with Crippen molar-refractivity contribution < 1.29 is 9.47 Å². The van der Waals surface area contributed by atoms with Gasteiger partial charge in [-0.1, -0.05) is 0 Å². The van der Waals surface area contributed by atoms with Crippen molar-refractivity contribution in [2.75, 3.05) is 62.3 Å². The molecule has 0 aromatic carbocycles. The average Bonchev–Trinajstić information content (AvgIpc) is 3.52. The van der Waals surface area contributed by atoms with E-state index in [1.807, 2.05) is 32.7 Å². The first-order valence-corrected chi connectivity index (χ1v) is 12.3. The van der Waals surface area contributed by atoms with Crippen molar-refractivity contribution in [3.05, 3.63) is 24.5 Å². The van der Waals surface area contributed by atoms with E-state index < -0.39 is 0 Å². The Labute approximate surface area is 199 Å². The average molecular weight is 468 g/mol. The van der Waals surface area contributed by atoms with Crippen LogP contribution in [0.3, 0.4) is 0 Å². The second kappa shape index (κ2) is 9.14. The number of piperazine rings is 1. The van der Waals surface area contributed by atoms with Crippen LogP contribution in [-0.4, -0.2) is 88.0 Å². The van der Waals surface area contributed by atoms with Gasteiger partial charge in [-0.25, -0.2) is 14.7 Å². The third-order valence-corrected chi connectivity index (χ3v) is 7.11. The highest BCUT2D eigenvalue weighted by atomic mass is 16.5. The highest BCUT2D eigenvalue weighted by molar-refractivity contribution is 5.78. The van der Waals surface area contributed by atoms with Gasteiger partial charge in [-0.15, -0.1) is 0 Å². The first-order chi connectivity index (χ1) is 16.7. The van der Waals surface area contributed by atoms with Gasteiger partial charge in [0.15, 0.2) is 11.9 Å². The molecule has 3 saturated heterocycles. The van der Waals surface area contributed by atoms with Gasteiger partial charge >= 0.3 is 0 Å². The second-order valence-corrected chi connectivity index (χ2v) is 9.39. The van der Waals surface area contributed by atoms with Gasteiger partial charge in [0, 0.05) is 51.6 Å². The van der Waals surface area contributed by atoms with Crippen molar-refractivity contribution in [1.82, 2.24) is 29.4 Å². The molecule has 34 heavy (non-hydrogen) atoms. The minimum atomic E-state index is -0.0479. The monoisotopic (exact) mass is 467 g/mol. The Balaban J connectivity index is 1.46. The maximum absolute atomic E-state index is 6.04. The summed E-state index contributed by atoms with van der Waals surface area (Å²) in [6, 6.07) is 4.46. The number of nitrogens with two attached hydrogens (primary N) is 1. The number of hydrazine groups is 1. The quantitative estimate of drug-likeness (QED) is 0.572. The van der Waals surface area contributed by atoms with Crippen LogP contribution in [0.4, 0.5) is 11.6 Å². The van der Waals surface area contributed by atoms with E-state index in [4.69, 9.17) is 25.4 Å². The molecule has 3 aromatic heterocycles. The predicted octanol–water partition coefficient (Wildman–Crippen LogP) is 1.51. The summed E-state index contributed by atoms with van der Waals surface area (Å²) in [7, 11) is 0. The summed E-state index contributed by atoms with van der Waals surface area (Å²) in [6.45, 7) is 8.49. The molecule has 0 spiro atoms. The maximum atomic E-state index is 6.04. The van der Waals surface area contributed by atoms with Gasteiger partial charge in [-0.05, 0) is 32.3 Å². The number of ether oxygens (including phenoxy) is 2. The lowest BCUT2D eigenvalue weighted by Gasteiger charge is -2.36. The molecule has 0 radical (unpaired) electrons. The number of morpholine rings is 1. The Hall–Kier alpha value is -2.73. The summed E-state index contributed by atoms with van der Waals surface area (Å²) in [4.78, 5) is 9.84. The molecular weight excluding hydrogens is 434 g/mol. The molecule has 1 unspecified atom stereocenters. The molecule has 3 aliphatic heterocycles. The molecule has 2 atom stereocenters. The Morgan fingerprint density at radius 1 is 1.06 bits per heavy atom. The van der Waals surface area contributed by atoms with Gasteiger partial charge in [0.1, 0.15) is 11.6 Å². The van der Waals surface area contributed by atoms with Crippen molar-refractivity contribution >= 4 is 17.3 Å². The van der Waals surface area contributed by atoms with Gasteiger partial charge in [-0.3, -0.25) is 5.84 Å². The lowest BCUT2D eigenvalue weighted by atomic mass is 10.1. The topological polar surface area (TPSA) is 102 Å². The summed E-state index contributed by atoms with van der Waals surface area (Å²) in [5.74, 6) is 8.03. The molecular formula is C23H33N9O2. The van der Waals surface area contributed by atoms with Crippen molar-refractivity contribution in [3.63, 3.8) is 0 Å². The molecule has 6 heterocycles. The fourth-order valence-corrected chi connectivity index (χ4v) is 5.18. The van der Waals surface area contributed by atoms with Gasteiger partial charge in [0.25, 0.3) is 0 Å². The van der Waals surface area contributed by atoms with Crippen molar-refractivity contribution in [3.8, 4) is 11.3 Å². The van der Waals surface area contributed by atoms with E-state index in [2.05, 4.69) is 27.9 Å². The molecule has 6 rings (SSSR count). The summed E-state index contributed by atoms with van der Waals surface area (Å²) in [6.07, 6.45) is 6.92. The van der Waals surface area contributed by atoms with E-state index in [1.54, 1.807) is 0 Å². The standard InChI is InChI=1S/C23H33N9O2/c1-17-16-33-13-11-30(17)20-14-21(28-7-9-29(24)10-8-28)32-23(27-20)18(15-26-32)19-5-6-25-31(19)22-4-2-3-12-34-22/h5-6,14-15,17,22H,2-4,7-13,16,24H2,1H3/t17-,22?/m1/s1. The number of nitrogens with zero attached hydrogens (tertiary/aromatic N) is 8. The number of fused-ring (bicyclic) bond motifs is 1. The fourth-order valence-electron chi connectivity index (χ4n) is 5.18. The minimum Gasteiger partial charge on any atom is -0.377 e. The normalized spacial score (nSPS) is 24.8. The van der Waals surface area contributed by atoms with E-state index in [9.17, 15) is 0 Å². The van der Waals surface area contributed by atoms with E-state index in [-0.39, 0.29) is 12.3 Å². The van der Waals surface area contributed by atoms with E-state index in [0.29, 0.717) is 13.2 Å². The summed E-state index contributed by atoms with van der Waals surface area (Å²) >= 11 is 0. The molecule has 3 aliphatic rings. The van der Waals surface area contributed by atoms with Crippen LogP contribution in [0, 0.1) is 0 Å². The number of rotatable bonds is 4. The van der Waals surface area contributed by atoms with Crippen molar-refractivity contribution in [2.24, 2.45) is 5.84 Å². The summed E-state index contributed by atoms with van der Waals surface area (Å²) < 4.78 is 15.7. The zero-order valence-electron chi connectivity index (χ0n) is 19.7. The van der Waals surface area contributed by atoms with Crippen molar-refractivity contribution in [2.45, 2.75) is 38.5 Å². The number of anilines is 2. The first-order valence-electron chi connectivity index (χ1n) is 12.3. The maximum Gasteiger partial charge on any atom is 0.169 e. The van der Waals surface area contributed by atoms with Gasteiger partial charge in [0.05, 0.1) is 36.7 Å². The second-order valence-electron chi connectivity index (χ2n) is 9.39. The molecule has 0 amide bonds. The summed E-state index contributed by atoms with van der Waals surface area (Å²) in [5.41, 5.74) is 2.78. The van der Waals surface area contributed by atoms with Crippen LogP contribution in [0.1, 0.15) is 32.4 Å². The van der Waals surface area contributed by atoms with E-state index in [0.717, 1.165) is 87.1 Å². The molecule has 11 heteroatoms. The van der Waals surface area contributed by atoms with Crippen molar-refractivity contribution in [1.29, 1.82) is 0 Å². The number of hydrogen-bond donors (Lipinski definition) is 1. The molecule has 3 aromatic rings. The van der Waals surface area contributed by atoms with Crippen LogP contribution in [0.2, 0.25) is 0 Å². The SMILES string of the molecule is C[C@@H]1COCCN1c1cc(N2CCN(N)CC2)n2ncc(-c3ccnn3C3CCCCO3)c2n1. The van der Waals surface area contributed by atoms with Crippen LogP contribution >= 0.6 is 0 Å². The van der Waals surface area contributed by atoms with Crippen LogP contribution < -0.4 is 15.6 Å². The number of aromatic nitrogens is 5. The zero-order valence-corrected chi connectivity index (χ0v) is 19.7. The Kier molecular flexibility index (Phi) is 5.85. The largest absolute Gasteiger partial charge is 0.377 e. The predicted molar refractivity (Wildman–Crippen MR) is 129 cm³/mol. The van der Waals surface area contributed by atoms with Crippen LogP contribution in [0.25, 0.3) is 16.9 Å². The number of hydrogen-bond acceptors (Lipinski definition) is 9. The van der Waals surface area contributed by atoms with Crippen LogP contribution in [0.5, 0.6) is 0 Å². The Morgan fingerprint density at radius 3 is 2.74 bits per heavy atom. The molecule has 0 saturated carbocycles. The molecule has 3 fully saturated rings. The Bertz CT molecular complexity index is 1130. The lowest BCUT2D eigenvalue weighted by Crippen LogP contribution is -2.50. The molecule has 11 nitrogen and oxygen atoms in total.